The fourth-order valence-electron chi connectivity index (χ4n) is 4.27. The number of benzene rings is 1. The number of piperidine rings is 2. The number of phenols is 1. The van der Waals surface area contributed by atoms with Gasteiger partial charge in [-0.2, -0.15) is 15.0 Å². The van der Waals surface area contributed by atoms with E-state index < -0.39 is 4.92 Å². The lowest BCUT2D eigenvalue weighted by molar-refractivity contribution is -0.384. The second-order valence-corrected chi connectivity index (χ2v) is 8.66. The molecule has 0 bridgehead atoms. The molecule has 1 aromatic carbocycles. The van der Waals surface area contributed by atoms with Crippen LogP contribution in [-0.4, -0.2) is 75.3 Å². The van der Waals surface area contributed by atoms with Gasteiger partial charge in [-0.05, 0) is 25.0 Å². The Morgan fingerprint density at radius 3 is 1.85 bits per heavy atom. The second kappa shape index (κ2) is 9.27. The van der Waals surface area contributed by atoms with Crippen molar-refractivity contribution in [3.05, 3.63) is 28.3 Å². The summed E-state index contributed by atoms with van der Waals surface area (Å²) in [4.78, 5) is 28.2. The minimum Gasteiger partial charge on any atom is -0.508 e. The number of hydrogen-bond acceptors (Lipinski definition) is 13. The number of aromatic nitrogens is 3. The van der Waals surface area contributed by atoms with Gasteiger partial charge in [0.1, 0.15) is 11.4 Å². The molecular formula is C19H29N11O3. The first-order valence-electron chi connectivity index (χ1n) is 10.7. The molecule has 2 fully saturated rings. The van der Waals surface area contributed by atoms with E-state index in [0.29, 0.717) is 50.9 Å². The molecule has 3 heterocycles. The summed E-state index contributed by atoms with van der Waals surface area (Å²) in [6.07, 6.45) is 1.38. The molecule has 2 aliphatic heterocycles. The van der Waals surface area contributed by atoms with Gasteiger partial charge in [0.05, 0.1) is 11.0 Å². The first-order valence-corrected chi connectivity index (χ1v) is 10.7. The summed E-state index contributed by atoms with van der Waals surface area (Å²) in [5.74, 6) is 0.575. The van der Waals surface area contributed by atoms with Gasteiger partial charge in [-0.25, -0.2) is 0 Å². The average molecular weight is 460 g/mol. The first kappa shape index (κ1) is 22.8. The summed E-state index contributed by atoms with van der Waals surface area (Å²) in [7, 11) is 0. The van der Waals surface area contributed by atoms with Crippen molar-refractivity contribution in [1.29, 1.82) is 0 Å². The molecule has 14 nitrogen and oxygen atoms in total. The van der Waals surface area contributed by atoms with Crippen LogP contribution < -0.4 is 38.1 Å². The smallest absolute Gasteiger partial charge is 0.296 e. The van der Waals surface area contributed by atoms with Crippen molar-refractivity contribution in [2.75, 3.05) is 41.3 Å². The molecule has 14 heteroatoms. The Morgan fingerprint density at radius 2 is 1.39 bits per heavy atom. The van der Waals surface area contributed by atoms with Gasteiger partial charge in [0.25, 0.3) is 5.69 Å². The maximum Gasteiger partial charge on any atom is 0.296 e. The van der Waals surface area contributed by atoms with Crippen LogP contribution in [0.25, 0.3) is 0 Å². The van der Waals surface area contributed by atoms with E-state index >= 15 is 0 Å². The molecule has 2 aliphatic rings. The van der Waals surface area contributed by atoms with Crippen LogP contribution in [0.4, 0.5) is 29.2 Å². The van der Waals surface area contributed by atoms with E-state index in [4.69, 9.17) is 22.9 Å². The summed E-state index contributed by atoms with van der Waals surface area (Å²) >= 11 is 0. The Hall–Kier alpha value is -3.33. The van der Waals surface area contributed by atoms with Crippen molar-refractivity contribution in [3.8, 4) is 5.75 Å². The molecule has 33 heavy (non-hydrogen) atoms. The fourth-order valence-corrected chi connectivity index (χ4v) is 4.27. The van der Waals surface area contributed by atoms with Crippen molar-refractivity contribution in [2.24, 2.45) is 22.9 Å². The first-order chi connectivity index (χ1) is 15.7. The van der Waals surface area contributed by atoms with Crippen LogP contribution >= 0.6 is 0 Å². The van der Waals surface area contributed by atoms with Crippen molar-refractivity contribution >= 4 is 29.2 Å². The number of hydrogen-bond donors (Lipinski definition) is 6. The zero-order valence-electron chi connectivity index (χ0n) is 18.0. The molecular weight excluding hydrogens is 430 g/mol. The quantitative estimate of drug-likeness (QED) is 0.179. The van der Waals surface area contributed by atoms with Crippen LogP contribution in [0, 0.1) is 10.1 Å². The Kier molecular flexibility index (Phi) is 6.42. The number of nitro benzene ring substituents is 1. The van der Waals surface area contributed by atoms with Gasteiger partial charge in [0.15, 0.2) is 0 Å². The molecule has 0 spiro atoms. The van der Waals surface area contributed by atoms with Crippen molar-refractivity contribution < 1.29 is 10.0 Å². The van der Waals surface area contributed by atoms with E-state index in [1.807, 2.05) is 9.80 Å². The number of rotatable bonds is 5. The van der Waals surface area contributed by atoms with E-state index in [1.165, 1.54) is 12.1 Å². The number of nitrogens with two attached hydrogens (primary N) is 4. The van der Waals surface area contributed by atoms with Gasteiger partial charge in [-0.3, -0.25) is 10.1 Å². The predicted molar refractivity (Wildman–Crippen MR) is 123 cm³/mol. The van der Waals surface area contributed by atoms with Crippen molar-refractivity contribution in [1.82, 2.24) is 15.0 Å². The maximum absolute atomic E-state index is 11.5. The van der Waals surface area contributed by atoms with Crippen LogP contribution in [0.5, 0.6) is 5.75 Å². The zero-order valence-corrected chi connectivity index (χ0v) is 18.0. The standard InChI is InChI=1S/C19H29N11O3/c20-10-3-11(21)7-28(6-10)18-25-17(24-15-2-1-14(31)5-16(15)30(32)33)26-19(27-18)29-8-12(22)4-13(23)9-29/h1-2,5,10-13,31H,3-4,6-9,20-23H2,(H,24,25,26,27). The molecule has 0 saturated carbocycles. The van der Waals surface area contributed by atoms with Gasteiger partial charge in [0.2, 0.25) is 17.8 Å². The van der Waals surface area contributed by atoms with E-state index in [9.17, 15) is 15.2 Å². The molecule has 0 aliphatic carbocycles. The van der Waals surface area contributed by atoms with E-state index in [-0.39, 0.29) is 47.2 Å². The van der Waals surface area contributed by atoms with Crippen LogP contribution in [-0.2, 0) is 0 Å². The highest BCUT2D eigenvalue weighted by Crippen LogP contribution is 2.31. The second-order valence-electron chi connectivity index (χ2n) is 8.66. The van der Waals surface area contributed by atoms with Gasteiger partial charge in [0, 0.05) is 50.3 Å². The number of nitro groups is 1. The molecule has 178 valence electrons. The number of phenolic OH excluding ortho intramolecular Hbond substituents is 1. The summed E-state index contributed by atoms with van der Waals surface area (Å²) in [6.45, 7) is 2.04. The van der Waals surface area contributed by atoms with Gasteiger partial charge in [-0.15, -0.1) is 0 Å². The van der Waals surface area contributed by atoms with E-state index in [0.717, 1.165) is 6.07 Å². The monoisotopic (exact) mass is 459 g/mol. The summed E-state index contributed by atoms with van der Waals surface area (Å²) in [5.41, 5.74) is 24.4. The molecule has 0 amide bonds. The predicted octanol–water partition coefficient (Wildman–Crippen LogP) is -1.04. The molecule has 4 unspecified atom stereocenters. The summed E-state index contributed by atoms with van der Waals surface area (Å²) in [6, 6.07) is 3.22. The Bertz CT molecular complexity index is 958. The number of nitrogens with zero attached hydrogens (tertiary/aromatic N) is 6. The van der Waals surface area contributed by atoms with Crippen LogP contribution in [0.3, 0.4) is 0 Å². The van der Waals surface area contributed by atoms with E-state index in [2.05, 4.69) is 20.3 Å². The minimum atomic E-state index is -0.601. The molecule has 0 radical (unpaired) electrons. The van der Waals surface area contributed by atoms with E-state index in [1.54, 1.807) is 0 Å². The molecule has 4 rings (SSSR count). The summed E-state index contributed by atoms with van der Waals surface area (Å²) < 4.78 is 0. The zero-order chi connectivity index (χ0) is 23.7. The van der Waals surface area contributed by atoms with Crippen LogP contribution in [0.2, 0.25) is 0 Å². The highest BCUT2D eigenvalue weighted by Gasteiger charge is 2.29. The summed E-state index contributed by atoms with van der Waals surface area (Å²) in [5, 5.41) is 24.0. The third-order valence-corrected chi connectivity index (χ3v) is 5.63. The molecule has 1 aromatic heterocycles. The fraction of sp³-hybridized carbons (Fsp3) is 0.526. The largest absolute Gasteiger partial charge is 0.508 e. The lowest BCUT2D eigenvalue weighted by atomic mass is 10.0. The van der Waals surface area contributed by atoms with Crippen molar-refractivity contribution in [3.63, 3.8) is 0 Å². The molecule has 4 atom stereocenters. The Morgan fingerprint density at radius 1 is 0.909 bits per heavy atom. The van der Waals surface area contributed by atoms with Gasteiger partial charge >= 0.3 is 0 Å². The Balaban J connectivity index is 1.72. The van der Waals surface area contributed by atoms with Gasteiger partial charge in [-0.1, -0.05) is 0 Å². The topological polar surface area (TPSA) is 225 Å². The third kappa shape index (κ3) is 5.36. The highest BCUT2D eigenvalue weighted by molar-refractivity contribution is 5.69. The van der Waals surface area contributed by atoms with Crippen LogP contribution in [0.15, 0.2) is 18.2 Å². The lowest BCUT2D eigenvalue weighted by Gasteiger charge is -2.37. The maximum atomic E-state index is 11.5. The van der Waals surface area contributed by atoms with Crippen molar-refractivity contribution in [2.45, 2.75) is 37.0 Å². The molecule has 2 aromatic rings. The lowest BCUT2D eigenvalue weighted by Crippen LogP contribution is -2.54. The number of nitrogens with one attached hydrogen (secondary N) is 1. The van der Waals surface area contributed by atoms with Crippen LogP contribution in [0.1, 0.15) is 12.8 Å². The highest BCUT2D eigenvalue weighted by atomic mass is 16.6. The SMILES string of the molecule is NC1CC(N)CN(c2nc(Nc3ccc(O)cc3[N+](=O)[O-])nc(N3CC(N)CC(N)C3)n2)C1. The Labute approximate surface area is 190 Å². The molecule has 2 saturated heterocycles. The minimum absolute atomic E-state index is 0.101. The normalized spacial score (nSPS) is 25.7. The molecule has 10 N–H and O–H groups in total. The van der Waals surface area contributed by atoms with Gasteiger partial charge < -0.3 is 43.2 Å². The number of anilines is 4. The average Bonchev–Trinajstić information content (AvgIpc) is 2.73. The number of aromatic hydroxyl groups is 1. The third-order valence-electron chi connectivity index (χ3n) is 5.63.